The predicted octanol–water partition coefficient (Wildman–Crippen LogP) is 3.07. The first kappa shape index (κ1) is 16.2. The molecule has 0 aliphatic heterocycles. The summed E-state index contributed by atoms with van der Waals surface area (Å²) in [7, 11) is 2.21. The van der Waals surface area contributed by atoms with Crippen LogP contribution in [0.2, 0.25) is 0 Å². The van der Waals surface area contributed by atoms with Gasteiger partial charge in [0, 0.05) is 13.1 Å². The van der Waals surface area contributed by atoms with Crippen molar-refractivity contribution in [3.63, 3.8) is 0 Å². The van der Waals surface area contributed by atoms with Crippen LogP contribution >= 0.6 is 0 Å². The molecule has 0 aliphatic carbocycles. The highest BCUT2D eigenvalue weighted by molar-refractivity contribution is 5.37. The molecule has 1 atom stereocenters. The highest BCUT2D eigenvalue weighted by atomic mass is 15.1. The van der Waals surface area contributed by atoms with Crippen molar-refractivity contribution in [2.75, 3.05) is 26.7 Å². The molecule has 0 bridgehead atoms. The van der Waals surface area contributed by atoms with Crippen molar-refractivity contribution in [2.24, 2.45) is 11.7 Å². The zero-order valence-corrected chi connectivity index (χ0v) is 13.3. The third-order valence-corrected chi connectivity index (χ3v) is 3.87. The van der Waals surface area contributed by atoms with Gasteiger partial charge in [-0.2, -0.15) is 0 Å². The standard InChI is InChI=1S/C17H30N2/c1-13(6-8-18)12-19(5)9-7-17-15(3)10-14(2)11-16(17)4/h10-11,13H,6-9,12,18H2,1-5H3. The fourth-order valence-corrected chi connectivity index (χ4v) is 2.91. The molecule has 1 aromatic rings. The molecular formula is C17H30N2. The van der Waals surface area contributed by atoms with E-state index >= 15 is 0 Å². The number of benzene rings is 1. The van der Waals surface area contributed by atoms with Crippen LogP contribution in [-0.4, -0.2) is 31.6 Å². The lowest BCUT2D eigenvalue weighted by Gasteiger charge is -2.22. The first-order valence-electron chi connectivity index (χ1n) is 7.39. The summed E-state index contributed by atoms with van der Waals surface area (Å²) in [5, 5.41) is 0. The smallest absolute Gasteiger partial charge is 0.00191 e. The molecule has 2 heteroatoms. The van der Waals surface area contributed by atoms with E-state index in [4.69, 9.17) is 5.73 Å². The van der Waals surface area contributed by atoms with Gasteiger partial charge in [0.2, 0.25) is 0 Å². The van der Waals surface area contributed by atoms with Gasteiger partial charge in [0.25, 0.3) is 0 Å². The summed E-state index contributed by atoms with van der Waals surface area (Å²) in [5.74, 6) is 0.690. The summed E-state index contributed by atoms with van der Waals surface area (Å²) in [6.45, 7) is 12.0. The maximum Gasteiger partial charge on any atom is 0.00191 e. The topological polar surface area (TPSA) is 29.3 Å². The van der Waals surface area contributed by atoms with Crippen LogP contribution in [0.4, 0.5) is 0 Å². The van der Waals surface area contributed by atoms with Gasteiger partial charge in [0.15, 0.2) is 0 Å². The minimum absolute atomic E-state index is 0.690. The van der Waals surface area contributed by atoms with Crippen molar-refractivity contribution in [1.29, 1.82) is 0 Å². The summed E-state index contributed by atoms with van der Waals surface area (Å²) in [4.78, 5) is 2.43. The SMILES string of the molecule is Cc1cc(C)c(CCN(C)CC(C)CCN)c(C)c1. The average molecular weight is 262 g/mol. The Kier molecular flexibility index (Phi) is 6.53. The fraction of sp³-hybridized carbons (Fsp3) is 0.647. The van der Waals surface area contributed by atoms with Crippen LogP contribution in [0.5, 0.6) is 0 Å². The first-order valence-corrected chi connectivity index (χ1v) is 7.39. The number of nitrogens with two attached hydrogens (primary N) is 1. The van der Waals surface area contributed by atoms with Crippen LogP contribution in [0.15, 0.2) is 12.1 Å². The van der Waals surface area contributed by atoms with Crippen LogP contribution in [0.3, 0.4) is 0 Å². The number of rotatable bonds is 7. The van der Waals surface area contributed by atoms with Crippen LogP contribution in [0.25, 0.3) is 0 Å². The van der Waals surface area contributed by atoms with Gasteiger partial charge in [-0.25, -0.2) is 0 Å². The summed E-state index contributed by atoms with van der Waals surface area (Å²) >= 11 is 0. The summed E-state index contributed by atoms with van der Waals surface area (Å²) in [6, 6.07) is 4.58. The average Bonchev–Trinajstić information content (AvgIpc) is 2.27. The van der Waals surface area contributed by atoms with Gasteiger partial charge in [0.05, 0.1) is 0 Å². The van der Waals surface area contributed by atoms with E-state index in [1.807, 2.05) is 0 Å². The molecule has 0 saturated carbocycles. The molecule has 19 heavy (non-hydrogen) atoms. The molecule has 1 rings (SSSR count). The van der Waals surface area contributed by atoms with Gasteiger partial charge in [-0.15, -0.1) is 0 Å². The van der Waals surface area contributed by atoms with Crippen LogP contribution < -0.4 is 5.73 Å². The van der Waals surface area contributed by atoms with Crippen molar-refractivity contribution in [2.45, 2.75) is 40.5 Å². The lowest BCUT2D eigenvalue weighted by Crippen LogP contribution is -2.28. The summed E-state index contributed by atoms with van der Waals surface area (Å²) < 4.78 is 0. The minimum atomic E-state index is 0.690. The van der Waals surface area contributed by atoms with Crippen LogP contribution in [0, 0.1) is 26.7 Å². The highest BCUT2D eigenvalue weighted by Gasteiger charge is 2.08. The molecule has 0 heterocycles. The Morgan fingerprint density at radius 2 is 1.74 bits per heavy atom. The lowest BCUT2D eigenvalue weighted by molar-refractivity contribution is 0.282. The molecule has 0 spiro atoms. The highest BCUT2D eigenvalue weighted by Crippen LogP contribution is 2.17. The molecule has 0 fully saturated rings. The van der Waals surface area contributed by atoms with Crippen molar-refractivity contribution < 1.29 is 0 Å². The number of nitrogens with zero attached hydrogens (tertiary/aromatic N) is 1. The molecule has 0 aliphatic rings. The van der Waals surface area contributed by atoms with Gasteiger partial charge in [-0.3, -0.25) is 0 Å². The largest absolute Gasteiger partial charge is 0.330 e. The second-order valence-electron chi connectivity index (χ2n) is 6.07. The molecule has 0 amide bonds. The second kappa shape index (κ2) is 7.66. The second-order valence-corrected chi connectivity index (χ2v) is 6.07. The summed E-state index contributed by atoms with van der Waals surface area (Å²) in [5.41, 5.74) is 11.4. The van der Waals surface area contributed by atoms with Crippen molar-refractivity contribution in [3.05, 3.63) is 34.4 Å². The fourth-order valence-electron chi connectivity index (χ4n) is 2.91. The number of hydrogen-bond acceptors (Lipinski definition) is 2. The zero-order valence-electron chi connectivity index (χ0n) is 13.3. The monoisotopic (exact) mass is 262 g/mol. The Labute approximate surface area is 119 Å². The maximum atomic E-state index is 5.61. The Bertz CT molecular complexity index is 375. The molecule has 108 valence electrons. The lowest BCUT2D eigenvalue weighted by atomic mass is 9.97. The molecule has 0 aromatic heterocycles. The van der Waals surface area contributed by atoms with Gasteiger partial charge in [0.1, 0.15) is 0 Å². The molecule has 1 aromatic carbocycles. The Balaban J connectivity index is 2.53. The van der Waals surface area contributed by atoms with Crippen LogP contribution in [0.1, 0.15) is 35.6 Å². The predicted molar refractivity (Wildman–Crippen MR) is 84.7 cm³/mol. The third-order valence-electron chi connectivity index (χ3n) is 3.87. The Morgan fingerprint density at radius 3 is 2.26 bits per heavy atom. The quantitative estimate of drug-likeness (QED) is 0.818. The molecule has 2 N–H and O–H groups in total. The van der Waals surface area contributed by atoms with Gasteiger partial charge < -0.3 is 10.6 Å². The first-order chi connectivity index (χ1) is 8.93. The van der Waals surface area contributed by atoms with E-state index in [-0.39, 0.29) is 0 Å². The van der Waals surface area contributed by atoms with Crippen molar-refractivity contribution in [3.8, 4) is 0 Å². The van der Waals surface area contributed by atoms with Crippen molar-refractivity contribution >= 4 is 0 Å². The normalized spacial score (nSPS) is 13.0. The zero-order chi connectivity index (χ0) is 14.4. The van der Waals surface area contributed by atoms with E-state index in [1.54, 1.807) is 0 Å². The molecule has 2 nitrogen and oxygen atoms in total. The number of likely N-dealkylation sites (N-methyl/N-ethyl adjacent to an activating group) is 1. The number of hydrogen-bond donors (Lipinski definition) is 1. The van der Waals surface area contributed by atoms with E-state index in [0.29, 0.717) is 5.92 Å². The van der Waals surface area contributed by atoms with Gasteiger partial charge in [-0.1, -0.05) is 24.6 Å². The van der Waals surface area contributed by atoms with E-state index in [2.05, 4.69) is 51.8 Å². The molecule has 1 unspecified atom stereocenters. The van der Waals surface area contributed by atoms with E-state index < -0.39 is 0 Å². The Morgan fingerprint density at radius 1 is 1.16 bits per heavy atom. The minimum Gasteiger partial charge on any atom is -0.330 e. The van der Waals surface area contributed by atoms with Gasteiger partial charge >= 0.3 is 0 Å². The molecule has 0 radical (unpaired) electrons. The molecular weight excluding hydrogens is 232 g/mol. The van der Waals surface area contributed by atoms with E-state index in [1.165, 1.54) is 22.3 Å². The molecule has 0 saturated heterocycles. The van der Waals surface area contributed by atoms with Gasteiger partial charge in [-0.05, 0) is 69.8 Å². The van der Waals surface area contributed by atoms with Crippen molar-refractivity contribution in [1.82, 2.24) is 4.90 Å². The number of aryl methyl sites for hydroxylation is 3. The van der Waals surface area contributed by atoms with E-state index in [0.717, 1.165) is 32.5 Å². The maximum absolute atomic E-state index is 5.61. The van der Waals surface area contributed by atoms with Crippen LogP contribution in [-0.2, 0) is 6.42 Å². The third kappa shape index (κ3) is 5.33. The van der Waals surface area contributed by atoms with E-state index in [9.17, 15) is 0 Å². The summed E-state index contributed by atoms with van der Waals surface area (Å²) in [6.07, 6.45) is 2.26. The Hall–Kier alpha value is -0.860.